The molecule has 2 rings (SSSR count). The molecule has 5 heteroatoms. The molecular weight excluding hydrogens is 276 g/mol. The third kappa shape index (κ3) is 3.54. The van der Waals surface area contributed by atoms with Gasteiger partial charge in [-0.15, -0.1) is 0 Å². The number of pyridine rings is 1. The Morgan fingerprint density at radius 1 is 1.20 bits per heavy atom. The summed E-state index contributed by atoms with van der Waals surface area (Å²) in [6.07, 6.45) is -0.00248. The van der Waals surface area contributed by atoms with E-state index in [4.69, 9.17) is 26.8 Å². The molecule has 4 nitrogen and oxygen atoms in total. The molecule has 0 fully saturated rings. The molecule has 0 aliphatic rings. The van der Waals surface area contributed by atoms with Gasteiger partial charge in [0, 0.05) is 11.1 Å². The van der Waals surface area contributed by atoms with Crippen LogP contribution in [0.5, 0.6) is 17.5 Å². The highest BCUT2D eigenvalue weighted by Gasteiger charge is 2.09. The number of hydrogen-bond donors (Lipinski definition) is 1. The molecule has 0 bridgehead atoms. The van der Waals surface area contributed by atoms with Crippen LogP contribution in [-0.4, -0.2) is 11.1 Å². The van der Waals surface area contributed by atoms with E-state index in [2.05, 4.69) is 4.98 Å². The van der Waals surface area contributed by atoms with Crippen LogP contribution in [0.3, 0.4) is 0 Å². The molecular formula is C15H17ClN2O2. The van der Waals surface area contributed by atoms with E-state index >= 15 is 0 Å². The summed E-state index contributed by atoms with van der Waals surface area (Å²) in [6, 6.07) is 8.83. The smallest absolute Gasteiger partial charge is 0.240 e. The molecule has 106 valence electrons. The van der Waals surface area contributed by atoms with Crippen LogP contribution in [0.2, 0.25) is 5.02 Å². The first-order valence-corrected chi connectivity index (χ1v) is 6.70. The molecule has 0 radical (unpaired) electrons. The van der Waals surface area contributed by atoms with E-state index in [-0.39, 0.29) is 6.10 Å². The Balaban J connectivity index is 2.25. The van der Waals surface area contributed by atoms with Crippen molar-refractivity contribution in [2.75, 3.05) is 5.73 Å². The monoisotopic (exact) mass is 292 g/mol. The third-order valence-corrected chi connectivity index (χ3v) is 2.80. The van der Waals surface area contributed by atoms with Crippen LogP contribution in [0.1, 0.15) is 19.4 Å². The van der Waals surface area contributed by atoms with E-state index in [0.717, 1.165) is 5.56 Å². The van der Waals surface area contributed by atoms with Crippen molar-refractivity contribution in [3.8, 4) is 17.5 Å². The Hall–Kier alpha value is -1.94. The van der Waals surface area contributed by atoms with Crippen LogP contribution < -0.4 is 15.2 Å². The van der Waals surface area contributed by atoms with Crippen molar-refractivity contribution < 1.29 is 9.47 Å². The Morgan fingerprint density at radius 3 is 2.60 bits per heavy atom. The minimum atomic E-state index is -0.00248. The average molecular weight is 293 g/mol. The van der Waals surface area contributed by atoms with Gasteiger partial charge in [-0.05, 0) is 50.6 Å². The number of nitrogens with zero attached hydrogens (tertiary/aromatic N) is 1. The standard InChI is InChI=1S/C15H17ClN2O2/c1-9(2)19-15-12(17)5-7-14(18-15)20-13-6-4-11(16)8-10(13)3/h4-9H,17H2,1-3H3. The lowest BCUT2D eigenvalue weighted by atomic mass is 10.2. The quantitative estimate of drug-likeness (QED) is 0.917. The molecule has 2 aromatic rings. The predicted octanol–water partition coefficient (Wildman–Crippen LogP) is 4.21. The van der Waals surface area contributed by atoms with Crippen LogP contribution in [0.4, 0.5) is 5.69 Å². The summed E-state index contributed by atoms with van der Waals surface area (Å²) in [6.45, 7) is 5.75. The summed E-state index contributed by atoms with van der Waals surface area (Å²) >= 11 is 5.92. The average Bonchev–Trinajstić information content (AvgIpc) is 2.36. The molecule has 0 saturated heterocycles. The maximum absolute atomic E-state index is 5.92. The first-order valence-electron chi connectivity index (χ1n) is 6.33. The maximum atomic E-state index is 5.92. The lowest BCUT2D eigenvalue weighted by Gasteiger charge is -2.13. The Bertz CT molecular complexity index is 615. The predicted molar refractivity (Wildman–Crippen MR) is 80.7 cm³/mol. The van der Waals surface area contributed by atoms with Gasteiger partial charge in [-0.1, -0.05) is 11.6 Å². The molecule has 0 aliphatic heterocycles. The fourth-order valence-electron chi connectivity index (χ4n) is 1.65. The molecule has 0 unspecified atom stereocenters. The van der Waals surface area contributed by atoms with Crippen molar-refractivity contribution in [2.45, 2.75) is 26.9 Å². The molecule has 20 heavy (non-hydrogen) atoms. The van der Waals surface area contributed by atoms with Crippen molar-refractivity contribution in [3.63, 3.8) is 0 Å². The number of aromatic nitrogens is 1. The number of anilines is 1. The number of nitrogens with two attached hydrogens (primary N) is 1. The van der Waals surface area contributed by atoms with Crippen molar-refractivity contribution in [3.05, 3.63) is 40.9 Å². The molecule has 1 heterocycles. The zero-order valence-electron chi connectivity index (χ0n) is 11.7. The number of rotatable bonds is 4. The number of ether oxygens (including phenoxy) is 2. The lowest BCUT2D eigenvalue weighted by Crippen LogP contribution is -2.09. The zero-order chi connectivity index (χ0) is 14.7. The van der Waals surface area contributed by atoms with Crippen LogP contribution >= 0.6 is 11.6 Å². The lowest BCUT2D eigenvalue weighted by molar-refractivity contribution is 0.232. The van der Waals surface area contributed by atoms with E-state index in [0.29, 0.717) is 28.2 Å². The van der Waals surface area contributed by atoms with Crippen molar-refractivity contribution in [1.29, 1.82) is 0 Å². The van der Waals surface area contributed by atoms with Gasteiger partial charge in [0.2, 0.25) is 11.8 Å². The van der Waals surface area contributed by atoms with Crippen LogP contribution in [0.25, 0.3) is 0 Å². The highest BCUT2D eigenvalue weighted by Crippen LogP contribution is 2.29. The van der Waals surface area contributed by atoms with Gasteiger partial charge in [-0.25, -0.2) is 0 Å². The summed E-state index contributed by atoms with van der Waals surface area (Å²) in [5.41, 5.74) is 7.24. The van der Waals surface area contributed by atoms with E-state index in [1.807, 2.05) is 26.8 Å². The summed E-state index contributed by atoms with van der Waals surface area (Å²) in [7, 11) is 0. The van der Waals surface area contributed by atoms with Gasteiger partial charge >= 0.3 is 0 Å². The van der Waals surface area contributed by atoms with Gasteiger partial charge in [0.1, 0.15) is 5.75 Å². The van der Waals surface area contributed by atoms with E-state index in [1.54, 1.807) is 24.3 Å². The minimum absolute atomic E-state index is 0.00248. The first-order chi connectivity index (χ1) is 9.45. The molecule has 2 N–H and O–H groups in total. The molecule has 0 saturated carbocycles. The number of nitrogen functional groups attached to an aromatic ring is 1. The van der Waals surface area contributed by atoms with Gasteiger partial charge in [-0.3, -0.25) is 0 Å². The molecule has 1 aromatic heterocycles. The Kier molecular flexibility index (Phi) is 4.35. The van der Waals surface area contributed by atoms with E-state index in [9.17, 15) is 0 Å². The minimum Gasteiger partial charge on any atom is -0.473 e. The van der Waals surface area contributed by atoms with Gasteiger partial charge in [0.25, 0.3) is 0 Å². The van der Waals surface area contributed by atoms with Crippen LogP contribution in [-0.2, 0) is 0 Å². The first kappa shape index (κ1) is 14.5. The molecule has 0 atom stereocenters. The second-order valence-corrected chi connectivity index (χ2v) is 5.16. The van der Waals surface area contributed by atoms with Crippen LogP contribution in [0, 0.1) is 6.92 Å². The fraction of sp³-hybridized carbons (Fsp3) is 0.267. The summed E-state index contributed by atoms with van der Waals surface area (Å²) in [5.74, 6) is 1.51. The van der Waals surface area contributed by atoms with Gasteiger partial charge in [0.15, 0.2) is 0 Å². The molecule has 0 amide bonds. The number of hydrogen-bond acceptors (Lipinski definition) is 4. The fourth-order valence-corrected chi connectivity index (χ4v) is 1.88. The molecule has 0 aliphatic carbocycles. The number of halogens is 1. The second kappa shape index (κ2) is 6.01. The van der Waals surface area contributed by atoms with Crippen molar-refractivity contribution in [2.24, 2.45) is 0 Å². The molecule has 1 aromatic carbocycles. The van der Waals surface area contributed by atoms with Gasteiger partial charge in [0.05, 0.1) is 11.8 Å². The number of aryl methyl sites for hydroxylation is 1. The third-order valence-electron chi connectivity index (χ3n) is 2.56. The normalized spacial score (nSPS) is 10.7. The van der Waals surface area contributed by atoms with Crippen molar-refractivity contribution in [1.82, 2.24) is 4.98 Å². The van der Waals surface area contributed by atoms with Crippen molar-refractivity contribution >= 4 is 17.3 Å². The highest BCUT2D eigenvalue weighted by atomic mass is 35.5. The summed E-state index contributed by atoms with van der Waals surface area (Å²) in [5, 5.41) is 0.670. The SMILES string of the molecule is Cc1cc(Cl)ccc1Oc1ccc(N)c(OC(C)C)n1. The Labute approximate surface area is 123 Å². The topological polar surface area (TPSA) is 57.4 Å². The highest BCUT2D eigenvalue weighted by molar-refractivity contribution is 6.30. The van der Waals surface area contributed by atoms with Crippen LogP contribution in [0.15, 0.2) is 30.3 Å². The largest absolute Gasteiger partial charge is 0.473 e. The Morgan fingerprint density at radius 2 is 1.95 bits per heavy atom. The van der Waals surface area contributed by atoms with E-state index in [1.165, 1.54) is 0 Å². The summed E-state index contributed by atoms with van der Waals surface area (Å²) in [4.78, 5) is 4.27. The van der Waals surface area contributed by atoms with Gasteiger partial charge in [-0.2, -0.15) is 4.98 Å². The summed E-state index contributed by atoms with van der Waals surface area (Å²) < 4.78 is 11.3. The van der Waals surface area contributed by atoms with Gasteiger partial charge < -0.3 is 15.2 Å². The zero-order valence-corrected chi connectivity index (χ0v) is 12.4. The number of benzene rings is 1. The maximum Gasteiger partial charge on any atom is 0.240 e. The van der Waals surface area contributed by atoms with E-state index < -0.39 is 0 Å². The second-order valence-electron chi connectivity index (χ2n) is 4.72. The molecule has 0 spiro atoms.